The molecular weight excluding hydrogens is 233 g/mol. The van der Waals surface area contributed by atoms with Crippen LogP contribution in [-0.2, 0) is 13.2 Å². The quantitative estimate of drug-likeness (QED) is 0.832. The van der Waals surface area contributed by atoms with Crippen LogP contribution < -0.4 is 5.73 Å². The Hall–Kier alpha value is -2.05. The van der Waals surface area contributed by atoms with E-state index in [1.54, 1.807) is 7.05 Å². The van der Waals surface area contributed by atoms with Crippen molar-refractivity contribution in [3.63, 3.8) is 0 Å². The van der Waals surface area contributed by atoms with Gasteiger partial charge in [0.2, 0.25) is 0 Å². The lowest BCUT2D eigenvalue weighted by molar-refractivity contribution is -0.137. The number of anilines is 1. The molecule has 4 nitrogen and oxygen atoms in total. The lowest BCUT2D eigenvalue weighted by atomic mass is 10.1. The van der Waals surface area contributed by atoms with Gasteiger partial charge in [0.05, 0.1) is 11.3 Å². The number of hydrogen-bond acceptors (Lipinski definition) is 3. The van der Waals surface area contributed by atoms with E-state index in [-0.39, 0.29) is 17.1 Å². The van der Waals surface area contributed by atoms with Crippen LogP contribution >= 0.6 is 0 Å². The molecule has 7 heteroatoms. The lowest BCUT2D eigenvalue weighted by Crippen LogP contribution is -2.07. The number of hydrogen-bond donors (Lipinski definition) is 1. The number of aryl methyl sites for hydroxylation is 1. The van der Waals surface area contributed by atoms with Gasteiger partial charge in [-0.15, -0.1) is 0 Å². The van der Waals surface area contributed by atoms with E-state index >= 15 is 0 Å². The zero-order valence-corrected chi connectivity index (χ0v) is 8.86. The van der Waals surface area contributed by atoms with Gasteiger partial charge in [-0.25, -0.2) is 0 Å². The number of nitrogens with zero attached hydrogens (tertiary/aromatic N) is 3. The van der Waals surface area contributed by atoms with E-state index in [0.29, 0.717) is 0 Å². The van der Waals surface area contributed by atoms with Crippen LogP contribution in [0.1, 0.15) is 5.56 Å². The van der Waals surface area contributed by atoms with Gasteiger partial charge in [-0.05, 0) is 6.07 Å². The van der Waals surface area contributed by atoms with Gasteiger partial charge in [0.1, 0.15) is 5.82 Å². The number of nitrogens with two attached hydrogens (primary N) is 1. The van der Waals surface area contributed by atoms with Gasteiger partial charge in [-0.1, -0.05) is 0 Å². The van der Waals surface area contributed by atoms with Gasteiger partial charge < -0.3 is 5.73 Å². The van der Waals surface area contributed by atoms with Crippen molar-refractivity contribution >= 4 is 5.82 Å². The number of pyridine rings is 1. The third kappa shape index (κ3) is 2.08. The van der Waals surface area contributed by atoms with E-state index in [9.17, 15) is 13.2 Å². The Balaban J connectivity index is 2.60. The van der Waals surface area contributed by atoms with Crippen LogP contribution in [-0.4, -0.2) is 14.8 Å². The SMILES string of the molecule is Cn1nc(-c2cnccc2C(F)(F)F)cc1N. The summed E-state index contributed by atoms with van der Waals surface area (Å²) in [7, 11) is 1.56. The van der Waals surface area contributed by atoms with Gasteiger partial charge >= 0.3 is 6.18 Å². The molecule has 0 bridgehead atoms. The van der Waals surface area contributed by atoms with Gasteiger partial charge in [0, 0.05) is 31.1 Å². The molecule has 0 fully saturated rings. The molecule has 2 N–H and O–H groups in total. The minimum absolute atomic E-state index is 0.0766. The van der Waals surface area contributed by atoms with Crippen molar-refractivity contribution in [1.29, 1.82) is 0 Å². The number of aromatic nitrogens is 3. The zero-order chi connectivity index (χ0) is 12.6. The molecule has 0 unspecified atom stereocenters. The average molecular weight is 242 g/mol. The highest BCUT2D eigenvalue weighted by Gasteiger charge is 2.34. The van der Waals surface area contributed by atoms with Crippen LogP contribution in [0.25, 0.3) is 11.3 Å². The molecule has 2 heterocycles. The monoisotopic (exact) mass is 242 g/mol. The molecule has 0 saturated heterocycles. The third-order valence-electron chi connectivity index (χ3n) is 2.32. The van der Waals surface area contributed by atoms with E-state index in [0.717, 1.165) is 18.5 Å². The minimum Gasteiger partial charge on any atom is -0.384 e. The second-order valence-corrected chi connectivity index (χ2v) is 3.50. The normalized spacial score (nSPS) is 11.8. The van der Waals surface area contributed by atoms with Gasteiger partial charge in [0.25, 0.3) is 0 Å². The molecule has 0 saturated carbocycles. The molecule has 90 valence electrons. The minimum atomic E-state index is -4.44. The first kappa shape index (κ1) is 11.4. The maximum absolute atomic E-state index is 12.7. The highest BCUT2D eigenvalue weighted by atomic mass is 19.4. The molecule has 0 radical (unpaired) electrons. The van der Waals surface area contributed by atoms with Gasteiger partial charge in [-0.3, -0.25) is 9.67 Å². The molecule has 0 aromatic carbocycles. The molecule has 2 aromatic rings. The van der Waals surface area contributed by atoms with Crippen molar-refractivity contribution in [3.8, 4) is 11.3 Å². The summed E-state index contributed by atoms with van der Waals surface area (Å²) in [6, 6.07) is 2.30. The summed E-state index contributed by atoms with van der Waals surface area (Å²) >= 11 is 0. The predicted molar refractivity (Wildman–Crippen MR) is 55.9 cm³/mol. The van der Waals surface area contributed by atoms with Crippen LogP contribution in [0.2, 0.25) is 0 Å². The molecule has 2 aromatic heterocycles. The lowest BCUT2D eigenvalue weighted by Gasteiger charge is -2.09. The molecule has 0 spiro atoms. The summed E-state index contributed by atoms with van der Waals surface area (Å²) in [5, 5.41) is 3.91. The second kappa shape index (κ2) is 3.76. The van der Waals surface area contributed by atoms with Crippen LogP contribution in [0.4, 0.5) is 19.0 Å². The standard InChI is InChI=1S/C10H9F3N4/c1-17-9(14)4-8(16-17)6-5-15-3-2-7(6)10(11,12)13/h2-5H,14H2,1H3. The average Bonchev–Trinajstić information content (AvgIpc) is 2.58. The smallest absolute Gasteiger partial charge is 0.384 e. The van der Waals surface area contributed by atoms with E-state index in [2.05, 4.69) is 10.1 Å². The van der Waals surface area contributed by atoms with Crippen molar-refractivity contribution in [3.05, 3.63) is 30.1 Å². The molecule has 2 rings (SSSR count). The maximum atomic E-state index is 12.7. The summed E-state index contributed by atoms with van der Waals surface area (Å²) < 4.78 is 39.6. The molecule has 0 aliphatic carbocycles. The van der Waals surface area contributed by atoms with Gasteiger partial charge in [0.15, 0.2) is 0 Å². The maximum Gasteiger partial charge on any atom is 0.417 e. The Labute approximate surface area is 94.9 Å². The predicted octanol–water partition coefficient (Wildman–Crippen LogP) is 2.08. The molecule has 0 aliphatic rings. The van der Waals surface area contributed by atoms with E-state index in [1.165, 1.54) is 10.7 Å². The van der Waals surface area contributed by atoms with Crippen molar-refractivity contribution in [2.24, 2.45) is 7.05 Å². The van der Waals surface area contributed by atoms with Gasteiger partial charge in [-0.2, -0.15) is 18.3 Å². The summed E-state index contributed by atoms with van der Waals surface area (Å²) in [4.78, 5) is 3.68. The molecule has 0 amide bonds. The van der Waals surface area contributed by atoms with Crippen LogP contribution in [0.15, 0.2) is 24.5 Å². The van der Waals surface area contributed by atoms with E-state index in [4.69, 9.17) is 5.73 Å². The fourth-order valence-electron chi connectivity index (χ4n) is 1.46. The first-order valence-corrected chi connectivity index (χ1v) is 4.70. The highest BCUT2D eigenvalue weighted by Crippen LogP contribution is 2.36. The van der Waals surface area contributed by atoms with Crippen molar-refractivity contribution < 1.29 is 13.2 Å². The zero-order valence-electron chi connectivity index (χ0n) is 8.86. The summed E-state index contributed by atoms with van der Waals surface area (Å²) in [5.74, 6) is 0.289. The van der Waals surface area contributed by atoms with Crippen molar-refractivity contribution in [1.82, 2.24) is 14.8 Å². The second-order valence-electron chi connectivity index (χ2n) is 3.50. The number of alkyl halides is 3. The third-order valence-corrected chi connectivity index (χ3v) is 2.32. The Bertz CT molecular complexity index is 525. The van der Waals surface area contributed by atoms with Crippen molar-refractivity contribution in [2.75, 3.05) is 5.73 Å². The summed E-state index contributed by atoms with van der Waals surface area (Å²) in [5.41, 5.74) is 4.84. The largest absolute Gasteiger partial charge is 0.417 e. The van der Waals surface area contributed by atoms with Crippen LogP contribution in [0.5, 0.6) is 0 Å². The first-order chi connectivity index (χ1) is 7.89. The first-order valence-electron chi connectivity index (χ1n) is 4.70. The Kier molecular flexibility index (Phi) is 2.53. The van der Waals surface area contributed by atoms with Crippen LogP contribution in [0.3, 0.4) is 0 Å². The number of rotatable bonds is 1. The fraction of sp³-hybridized carbons (Fsp3) is 0.200. The number of nitrogen functional groups attached to an aromatic ring is 1. The topological polar surface area (TPSA) is 56.7 Å². The Morgan fingerprint density at radius 2 is 2.06 bits per heavy atom. The highest BCUT2D eigenvalue weighted by molar-refractivity contribution is 5.65. The Morgan fingerprint density at radius 3 is 2.59 bits per heavy atom. The van der Waals surface area contributed by atoms with E-state index in [1.807, 2.05) is 0 Å². The Morgan fingerprint density at radius 1 is 1.35 bits per heavy atom. The van der Waals surface area contributed by atoms with Crippen LogP contribution in [0, 0.1) is 0 Å². The summed E-state index contributed by atoms with van der Waals surface area (Å²) in [6.07, 6.45) is -2.21. The molecular formula is C10H9F3N4. The number of halogens is 3. The van der Waals surface area contributed by atoms with E-state index < -0.39 is 11.7 Å². The van der Waals surface area contributed by atoms with Crippen molar-refractivity contribution in [2.45, 2.75) is 6.18 Å². The molecule has 0 aliphatic heterocycles. The summed E-state index contributed by atoms with van der Waals surface area (Å²) in [6.45, 7) is 0. The molecule has 17 heavy (non-hydrogen) atoms. The molecule has 0 atom stereocenters. The fourth-order valence-corrected chi connectivity index (χ4v) is 1.46.